The quantitative estimate of drug-likeness (QED) is 0.671. The Bertz CT molecular complexity index is 480. The predicted octanol–water partition coefficient (Wildman–Crippen LogP) is 3.84. The molecule has 1 aromatic rings. The molecule has 1 N–H and O–H groups in total. The van der Waals surface area contributed by atoms with Crippen molar-refractivity contribution in [3.8, 4) is 5.75 Å². The van der Waals surface area contributed by atoms with Crippen LogP contribution in [0.5, 0.6) is 5.75 Å². The van der Waals surface area contributed by atoms with Crippen molar-refractivity contribution in [2.24, 2.45) is 11.8 Å². The van der Waals surface area contributed by atoms with Crippen molar-refractivity contribution in [2.45, 2.75) is 39.2 Å². The average molecular weight is 278 g/mol. The third-order valence-corrected chi connectivity index (χ3v) is 3.94. The molecule has 1 aliphatic carbocycles. The van der Waals surface area contributed by atoms with Crippen molar-refractivity contribution in [3.05, 3.63) is 28.3 Å². The van der Waals surface area contributed by atoms with Crippen LogP contribution in [0.1, 0.15) is 33.1 Å². The second kappa shape index (κ2) is 6.11. The first kappa shape index (κ1) is 14.6. The standard InChI is InChI=1S/C15H22N2O3/c1-10-6-11(2)8-12(7-10)16-14-9-13(20-3)4-5-15(14)17(18)19/h4-5,9-12,16H,6-8H2,1-3H3. The SMILES string of the molecule is COc1ccc([N+](=O)[O-])c(NC2CC(C)CC(C)C2)c1. The lowest BCUT2D eigenvalue weighted by Crippen LogP contribution is -2.30. The van der Waals surface area contributed by atoms with Crippen molar-refractivity contribution in [1.82, 2.24) is 0 Å². The van der Waals surface area contributed by atoms with Gasteiger partial charge in [-0.3, -0.25) is 10.1 Å². The lowest BCUT2D eigenvalue weighted by molar-refractivity contribution is -0.384. The number of hydrogen-bond donors (Lipinski definition) is 1. The Kier molecular flexibility index (Phi) is 4.47. The molecule has 0 aliphatic heterocycles. The lowest BCUT2D eigenvalue weighted by atomic mass is 9.80. The molecule has 20 heavy (non-hydrogen) atoms. The molecule has 0 bridgehead atoms. The minimum absolute atomic E-state index is 0.108. The van der Waals surface area contributed by atoms with E-state index in [0.29, 0.717) is 29.3 Å². The molecule has 5 heteroatoms. The fourth-order valence-corrected chi connectivity index (χ4v) is 3.20. The molecule has 2 atom stereocenters. The molecule has 0 aromatic heterocycles. The first-order chi connectivity index (χ1) is 9.49. The Morgan fingerprint density at radius 3 is 2.45 bits per heavy atom. The highest BCUT2D eigenvalue weighted by Crippen LogP contribution is 2.34. The van der Waals surface area contributed by atoms with Gasteiger partial charge in [-0.25, -0.2) is 0 Å². The van der Waals surface area contributed by atoms with Gasteiger partial charge in [-0.1, -0.05) is 13.8 Å². The molecule has 0 saturated heterocycles. The fourth-order valence-electron chi connectivity index (χ4n) is 3.20. The van der Waals surface area contributed by atoms with E-state index >= 15 is 0 Å². The number of nitro groups is 1. The number of nitrogens with one attached hydrogen (secondary N) is 1. The number of nitrogens with zero attached hydrogens (tertiary/aromatic N) is 1. The molecule has 2 rings (SSSR count). The number of anilines is 1. The second-order valence-electron chi connectivity index (χ2n) is 5.90. The molecule has 0 heterocycles. The van der Waals surface area contributed by atoms with Crippen LogP contribution in [0.15, 0.2) is 18.2 Å². The number of hydrogen-bond acceptors (Lipinski definition) is 4. The summed E-state index contributed by atoms with van der Waals surface area (Å²) in [5.74, 6) is 1.94. The van der Waals surface area contributed by atoms with E-state index in [9.17, 15) is 10.1 Å². The summed E-state index contributed by atoms with van der Waals surface area (Å²) in [6.07, 6.45) is 3.34. The third kappa shape index (κ3) is 3.40. The minimum atomic E-state index is -0.350. The van der Waals surface area contributed by atoms with Gasteiger partial charge in [0.05, 0.1) is 12.0 Å². The molecule has 1 fully saturated rings. The summed E-state index contributed by atoms with van der Waals surface area (Å²) in [4.78, 5) is 10.8. The summed E-state index contributed by atoms with van der Waals surface area (Å²) < 4.78 is 5.16. The molecule has 2 unspecified atom stereocenters. The van der Waals surface area contributed by atoms with Crippen LogP contribution in [0.2, 0.25) is 0 Å². The van der Waals surface area contributed by atoms with E-state index in [0.717, 1.165) is 12.8 Å². The molecule has 1 aliphatic rings. The molecule has 110 valence electrons. The maximum atomic E-state index is 11.1. The number of rotatable bonds is 4. The van der Waals surface area contributed by atoms with Gasteiger partial charge in [0, 0.05) is 18.2 Å². The lowest BCUT2D eigenvalue weighted by Gasteiger charge is -2.32. The number of nitro benzene ring substituents is 1. The maximum absolute atomic E-state index is 11.1. The predicted molar refractivity (Wildman–Crippen MR) is 79.2 cm³/mol. The smallest absolute Gasteiger partial charge is 0.292 e. The average Bonchev–Trinajstić information content (AvgIpc) is 2.37. The molecule has 5 nitrogen and oxygen atoms in total. The molecular formula is C15H22N2O3. The van der Waals surface area contributed by atoms with Crippen LogP contribution in [-0.2, 0) is 0 Å². The van der Waals surface area contributed by atoms with Crippen LogP contribution < -0.4 is 10.1 Å². The van der Waals surface area contributed by atoms with Crippen LogP contribution in [0.4, 0.5) is 11.4 Å². The molecule has 1 saturated carbocycles. The van der Waals surface area contributed by atoms with Crippen molar-refractivity contribution in [3.63, 3.8) is 0 Å². The first-order valence-electron chi connectivity index (χ1n) is 7.08. The Labute approximate surface area is 119 Å². The summed E-state index contributed by atoms with van der Waals surface area (Å²) in [6.45, 7) is 4.48. The third-order valence-electron chi connectivity index (χ3n) is 3.94. The van der Waals surface area contributed by atoms with Gasteiger partial charge in [0.2, 0.25) is 0 Å². The zero-order valence-corrected chi connectivity index (χ0v) is 12.3. The number of ether oxygens (including phenoxy) is 1. The van der Waals surface area contributed by atoms with E-state index in [1.54, 1.807) is 19.2 Å². The van der Waals surface area contributed by atoms with Crippen LogP contribution in [0, 0.1) is 22.0 Å². The van der Waals surface area contributed by atoms with Crippen LogP contribution >= 0.6 is 0 Å². The largest absolute Gasteiger partial charge is 0.497 e. The summed E-state index contributed by atoms with van der Waals surface area (Å²) in [7, 11) is 1.57. The fraction of sp³-hybridized carbons (Fsp3) is 0.600. The monoisotopic (exact) mass is 278 g/mol. The van der Waals surface area contributed by atoms with E-state index in [4.69, 9.17) is 4.74 Å². The Morgan fingerprint density at radius 2 is 1.90 bits per heavy atom. The van der Waals surface area contributed by atoms with Gasteiger partial charge in [0.15, 0.2) is 0 Å². The Hall–Kier alpha value is -1.78. The topological polar surface area (TPSA) is 64.4 Å². The summed E-state index contributed by atoms with van der Waals surface area (Å²) >= 11 is 0. The van der Waals surface area contributed by atoms with Crippen LogP contribution in [0.25, 0.3) is 0 Å². The van der Waals surface area contributed by atoms with Gasteiger partial charge < -0.3 is 10.1 Å². The molecular weight excluding hydrogens is 256 g/mol. The van der Waals surface area contributed by atoms with E-state index in [1.807, 2.05) is 0 Å². The van der Waals surface area contributed by atoms with Gasteiger partial charge in [0.25, 0.3) is 5.69 Å². The summed E-state index contributed by atoms with van der Waals surface area (Å²) in [5, 5.41) is 14.5. The van der Waals surface area contributed by atoms with Gasteiger partial charge in [-0.2, -0.15) is 0 Å². The van der Waals surface area contributed by atoms with Gasteiger partial charge >= 0.3 is 0 Å². The van der Waals surface area contributed by atoms with Gasteiger partial charge in [-0.15, -0.1) is 0 Å². The normalized spacial score (nSPS) is 26.1. The highest BCUT2D eigenvalue weighted by atomic mass is 16.6. The summed E-state index contributed by atoms with van der Waals surface area (Å²) in [6, 6.07) is 5.12. The Morgan fingerprint density at radius 1 is 1.25 bits per heavy atom. The van der Waals surface area contributed by atoms with Gasteiger partial charge in [-0.05, 0) is 37.2 Å². The molecule has 0 amide bonds. The molecule has 1 aromatic carbocycles. The molecule has 0 spiro atoms. The minimum Gasteiger partial charge on any atom is -0.497 e. The van der Waals surface area contributed by atoms with E-state index in [-0.39, 0.29) is 10.6 Å². The van der Waals surface area contributed by atoms with Crippen LogP contribution in [0.3, 0.4) is 0 Å². The highest BCUT2D eigenvalue weighted by Gasteiger charge is 2.26. The van der Waals surface area contributed by atoms with Crippen molar-refractivity contribution in [2.75, 3.05) is 12.4 Å². The molecule has 0 radical (unpaired) electrons. The first-order valence-corrected chi connectivity index (χ1v) is 7.08. The van der Waals surface area contributed by atoms with Crippen molar-refractivity contribution >= 4 is 11.4 Å². The summed E-state index contributed by atoms with van der Waals surface area (Å²) in [5.41, 5.74) is 0.664. The maximum Gasteiger partial charge on any atom is 0.292 e. The Balaban J connectivity index is 2.20. The van der Waals surface area contributed by atoms with Crippen molar-refractivity contribution in [1.29, 1.82) is 0 Å². The van der Waals surface area contributed by atoms with E-state index in [1.165, 1.54) is 12.5 Å². The van der Waals surface area contributed by atoms with E-state index in [2.05, 4.69) is 19.2 Å². The zero-order chi connectivity index (χ0) is 14.7. The number of benzene rings is 1. The van der Waals surface area contributed by atoms with Crippen molar-refractivity contribution < 1.29 is 9.66 Å². The second-order valence-corrected chi connectivity index (χ2v) is 5.90. The van der Waals surface area contributed by atoms with Gasteiger partial charge in [0.1, 0.15) is 11.4 Å². The highest BCUT2D eigenvalue weighted by molar-refractivity contribution is 5.64. The number of methoxy groups -OCH3 is 1. The van der Waals surface area contributed by atoms with E-state index < -0.39 is 0 Å². The zero-order valence-electron chi connectivity index (χ0n) is 12.3. The van der Waals surface area contributed by atoms with Crippen LogP contribution in [-0.4, -0.2) is 18.1 Å².